The maximum absolute atomic E-state index is 13.1. The van der Waals surface area contributed by atoms with Crippen LogP contribution in [0.1, 0.15) is 22.5 Å². The van der Waals surface area contributed by atoms with Crippen molar-refractivity contribution in [3.8, 4) is 0 Å². The Labute approximate surface area is 198 Å². The third-order valence-electron chi connectivity index (χ3n) is 5.59. The van der Waals surface area contributed by atoms with E-state index in [-0.39, 0.29) is 36.6 Å². The minimum absolute atomic E-state index is 0.0557. The zero-order chi connectivity index (χ0) is 27.1. The number of hydrogen-bond acceptors (Lipinski definition) is 8. The maximum Gasteiger partial charge on any atom is 0.430 e. The number of anilines is 3. The molecule has 11 nitrogen and oxygen atoms in total. The standard InChI is InChI=1S/C19H19F6N7O4/c1-31(11-6-7-32(8-11)16(34)35)15-28-14(12(13(26)33)29-30-15)27-10-4-2-9(3-5-10)17(36,18(20,21)22)19(23,24)25/h2-5,11,36H,6-8H2,1H3,(H2,26,33)(H,34,35)(H,27,28,30)/t11-/m1/s1. The Morgan fingerprint density at radius 1 is 1.11 bits per heavy atom. The Bertz CT molecular complexity index is 1130. The zero-order valence-corrected chi connectivity index (χ0v) is 18.3. The maximum atomic E-state index is 13.1. The molecule has 0 bridgehead atoms. The minimum Gasteiger partial charge on any atom is -0.465 e. The van der Waals surface area contributed by atoms with Crippen molar-refractivity contribution in [3.63, 3.8) is 0 Å². The van der Waals surface area contributed by atoms with Gasteiger partial charge in [-0.2, -0.15) is 31.3 Å². The molecule has 196 valence electrons. The fourth-order valence-electron chi connectivity index (χ4n) is 3.53. The van der Waals surface area contributed by atoms with Gasteiger partial charge in [-0.3, -0.25) is 4.79 Å². The topological polar surface area (TPSA) is 158 Å². The minimum atomic E-state index is -6.05. The van der Waals surface area contributed by atoms with Gasteiger partial charge in [0, 0.05) is 31.4 Å². The van der Waals surface area contributed by atoms with E-state index >= 15 is 0 Å². The summed E-state index contributed by atoms with van der Waals surface area (Å²) in [6.45, 7) is 0.398. The Hall–Kier alpha value is -3.89. The second-order valence-corrected chi connectivity index (χ2v) is 7.86. The van der Waals surface area contributed by atoms with Crippen molar-refractivity contribution in [1.29, 1.82) is 0 Å². The quantitative estimate of drug-likeness (QED) is 0.417. The van der Waals surface area contributed by atoms with Gasteiger partial charge in [0.2, 0.25) is 5.95 Å². The van der Waals surface area contributed by atoms with E-state index in [0.717, 1.165) is 12.1 Å². The molecule has 3 rings (SSSR count). The molecule has 1 fully saturated rings. The molecule has 2 heterocycles. The van der Waals surface area contributed by atoms with Crippen molar-refractivity contribution in [2.75, 3.05) is 30.4 Å². The summed E-state index contributed by atoms with van der Waals surface area (Å²) in [5.74, 6) is -1.44. The van der Waals surface area contributed by atoms with Gasteiger partial charge in [0.1, 0.15) is 0 Å². The first-order valence-electron chi connectivity index (χ1n) is 10.0. The fraction of sp³-hybridized carbons (Fsp3) is 0.421. The van der Waals surface area contributed by atoms with E-state index < -0.39 is 41.2 Å². The predicted molar refractivity (Wildman–Crippen MR) is 110 cm³/mol. The molecule has 1 aromatic heterocycles. The van der Waals surface area contributed by atoms with Gasteiger partial charge in [0.15, 0.2) is 11.5 Å². The first-order valence-corrected chi connectivity index (χ1v) is 10.0. The predicted octanol–water partition coefficient (Wildman–Crippen LogP) is 2.21. The number of alkyl halides is 6. The number of nitrogens with two attached hydrogens (primary N) is 1. The van der Waals surface area contributed by atoms with Crippen molar-refractivity contribution in [1.82, 2.24) is 20.1 Å². The fourth-order valence-corrected chi connectivity index (χ4v) is 3.53. The van der Waals surface area contributed by atoms with Crippen LogP contribution in [-0.2, 0) is 5.60 Å². The van der Waals surface area contributed by atoms with Crippen LogP contribution >= 0.6 is 0 Å². The number of nitrogens with one attached hydrogen (secondary N) is 1. The van der Waals surface area contributed by atoms with Crippen LogP contribution in [0, 0.1) is 0 Å². The highest BCUT2D eigenvalue weighted by atomic mass is 19.4. The lowest BCUT2D eigenvalue weighted by Crippen LogP contribution is -2.53. The van der Waals surface area contributed by atoms with E-state index in [4.69, 9.17) is 10.8 Å². The molecular formula is C19H19F6N7O4. The molecule has 0 spiro atoms. The lowest BCUT2D eigenvalue weighted by Gasteiger charge is -2.32. The van der Waals surface area contributed by atoms with Crippen molar-refractivity contribution in [2.24, 2.45) is 5.73 Å². The number of carboxylic acid groups (broad SMARTS) is 1. The van der Waals surface area contributed by atoms with Crippen molar-refractivity contribution >= 4 is 29.5 Å². The van der Waals surface area contributed by atoms with Crippen LogP contribution in [0.3, 0.4) is 0 Å². The monoisotopic (exact) mass is 523 g/mol. The number of benzene rings is 1. The number of aromatic nitrogens is 3. The summed E-state index contributed by atoms with van der Waals surface area (Å²) in [5.41, 5.74) is -1.91. The summed E-state index contributed by atoms with van der Waals surface area (Å²) in [4.78, 5) is 29.7. The van der Waals surface area contributed by atoms with Gasteiger partial charge in [-0.05, 0) is 18.6 Å². The number of likely N-dealkylation sites (N-methyl/N-ethyl adjacent to an activating group) is 1. The number of amides is 2. The molecule has 1 aliphatic rings. The van der Waals surface area contributed by atoms with Crippen LogP contribution in [0.4, 0.5) is 48.6 Å². The Morgan fingerprint density at radius 2 is 1.69 bits per heavy atom. The second kappa shape index (κ2) is 9.29. The lowest BCUT2D eigenvalue weighted by molar-refractivity contribution is -0.376. The van der Waals surface area contributed by atoms with Gasteiger partial charge >= 0.3 is 18.4 Å². The highest BCUT2D eigenvalue weighted by molar-refractivity contribution is 5.96. The van der Waals surface area contributed by atoms with E-state index in [9.17, 15) is 41.0 Å². The SMILES string of the molecule is CN(c1nnc(C(N)=O)c(Nc2ccc(C(O)(C(F)(F)F)C(F)(F)F)cc2)n1)[C@@H]1CCN(C(=O)O)C1. The molecule has 0 aliphatic carbocycles. The summed E-state index contributed by atoms with van der Waals surface area (Å²) in [7, 11) is 1.55. The van der Waals surface area contributed by atoms with Gasteiger partial charge in [0.05, 0.1) is 6.04 Å². The first kappa shape index (κ1) is 26.7. The first-order chi connectivity index (χ1) is 16.6. The van der Waals surface area contributed by atoms with Crippen molar-refractivity contribution in [3.05, 3.63) is 35.5 Å². The number of carbonyl (C=O) groups excluding carboxylic acids is 1. The number of carbonyl (C=O) groups is 2. The smallest absolute Gasteiger partial charge is 0.430 e. The van der Waals surface area contributed by atoms with Crippen LogP contribution < -0.4 is 16.0 Å². The average molecular weight is 523 g/mol. The molecule has 1 atom stereocenters. The number of nitrogens with zero attached hydrogens (tertiary/aromatic N) is 5. The largest absolute Gasteiger partial charge is 0.465 e. The molecule has 1 aliphatic heterocycles. The van der Waals surface area contributed by atoms with Crippen LogP contribution in [0.25, 0.3) is 0 Å². The molecule has 2 amide bonds. The van der Waals surface area contributed by atoms with E-state index in [1.807, 2.05) is 0 Å². The summed E-state index contributed by atoms with van der Waals surface area (Å²) in [5, 5.41) is 28.6. The molecular weight excluding hydrogens is 504 g/mol. The third kappa shape index (κ3) is 4.91. The number of hydrogen-bond donors (Lipinski definition) is 4. The summed E-state index contributed by atoms with van der Waals surface area (Å²) < 4.78 is 78.5. The van der Waals surface area contributed by atoms with Crippen molar-refractivity contribution < 1.29 is 46.1 Å². The molecule has 17 heteroatoms. The molecule has 0 unspecified atom stereocenters. The Balaban J connectivity index is 1.90. The summed E-state index contributed by atoms with van der Waals surface area (Å²) >= 11 is 0. The number of halogens is 6. The molecule has 0 saturated carbocycles. The van der Waals surface area contributed by atoms with Gasteiger partial charge < -0.3 is 31.1 Å². The Morgan fingerprint density at radius 3 is 2.17 bits per heavy atom. The lowest BCUT2D eigenvalue weighted by atomic mass is 9.92. The van der Waals surface area contributed by atoms with Crippen LogP contribution in [0.5, 0.6) is 0 Å². The van der Waals surface area contributed by atoms with Crippen molar-refractivity contribution in [2.45, 2.75) is 30.4 Å². The molecule has 1 aromatic carbocycles. The number of rotatable bonds is 6. The highest BCUT2D eigenvalue weighted by Crippen LogP contribution is 2.50. The zero-order valence-electron chi connectivity index (χ0n) is 18.3. The van der Waals surface area contributed by atoms with E-state index in [1.54, 1.807) is 7.05 Å². The number of aliphatic hydroxyl groups is 1. The van der Waals surface area contributed by atoms with Gasteiger partial charge in [-0.15, -0.1) is 10.2 Å². The van der Waals surface area contributed by atoms with Gasteiger partial charge in [0.25, 0.3) is 11.5 Å². The normalized spacial score (nSPS) is 16.7. The third-order valence-corrected chi connectivity index (χ3v) is 5.59. The van der Waals surface area contributed by atoms with Crippen LogP contribution in [0.2, 0.25) is 0 Å². The molecule has 0 radical (unpaired) electrons. The molecule has 36 heavy (non-hydrogen) atoms. The number of primary amides is 1. The van der Waals surface area contributed by atoms with E-state index in [0.29, 0.717) is 18.6 Å². The summed E-state index contributed by atoms with van der Waals surface area (Å²) in [6, 6.07) is 2.09. The molecule has 5 N–H and O–H groups in total. The highest BCUT2D eigenvalue weighted by Gasteiger charge is 2.71. The van der Waals surface area contributed by atoms with Crippen LogP contribution in [0.15, 0.2) is 24.3 Å². The Kier molecular flexibility index (Phi) is 6.89. The van der Waals surface area contributed by atoms with E-state index in [2.05, 4.69) is 20.5 Å². The average Bonchev–Trinajstić information content (AvgIpc) is 3.27. The van der Waals surface area contributed by atoms with Gasteiger partial charge in [-0.1, -0.05) is 12.1 Å². The molecule has 1 saturated heterocycles. The molecule has 2 aromatic rings. The van der Waals surface area contributed by atoms with E-state index in [1.165, 1.54) is 9.80 Å². The van der Waals surface area contributed by atoms with Gasteiger partial charge in [-0.25, -0.2) is 4.79 Å². The number of likely N-dealkylation sites (tertiary alicyclic amines) is 1. The summed E-state index contributed by atoms with van der Waals surface area (Å²) in [6.07, 6.45) is -12.8. The van der Waals surface area contributed by atoms with Crippen LogP contribution in [-0.4, -0.2) is 80.8 Å². The second-order valence-electron chi connectivity index (χ2n) is 7.86.